The Morgan fingerprint density at radius 1 is 1.55 bits per heavy atom. The first kappa shape index (κ1) is 16.7. The first-order valence-electron chi connectivity index (χ1n) is 7.30. The summed E-state index contributed by atoms with van der Waals surface area (Å²) in [5.41, 5.74) is 0.500. The molecule has 1 atom stereocenters. The molecule has 0 aromatic carbocycles. The number of carbonyl (C=O) groups is 1. The summed E-state index contributed by atoms with van der Waals surface area (Å²) in [7, 11) is 0. The van der Waals surface area contributed by atoms with E-state index in [1.165, 1.54) is 0 Å². The first-order chi connectivity index (χ1) is 9.25. The molecule has 1 amide bonds. The number of nitrogens with zero attached hydrogens (tertiary/aromatic N) is 2. The Bertz CT molecular complexity index is 450. The minimum Gasteiger partial charge on any atom is -0.388 e. The number of nitrogens with one attached hydrogen (secondary N) is 1. The molecule has 20 heavy (non-hydrogen) atoms. The fraction of sp³-hybridized carbons (Fsp3) is 0.733. The molecule has 0 fully saturated rings. The average Bonchev–Trinajstić information content (AvgIpc) is 2.75. The van der Waals surface area contributed by atoms with Crippen LogP contribution >= 0.6 is 0 Å². The third-order valence-corrected chi connectivity index (χ3v) is 3.32. The molecular formula is C15H27N3O2. The van der Waals surface area contributed by atoms with Crippen LogP contribution in [0.5, 0.6) is 0 Å². The zero-order valence-electron chi connectivity index (χ0n) is 13.2. The van der Waals surface area contributed by atoms with Gasteiger partial charge in [-0.3, -0.25) is 9.48 Å². The molecule has 1 aromatic heterocycles. The van der Waals surface area contributed by atoms with E-state index < -0.39 is 5.60 Å². The van der Waals surface area contributed by atoms with Crippen molar-refractivity contribution in [1.29, 1.82) is 0 Å². The molecular weight excluding hydrogens is 254 g/mol. The maximum Gasteiger partial charge on any atom is 0.269 e. The van der Waals surface area contributed by atoms with Gasteiger partial charge in [0.1, 0.15) is 5.69 Å². The number of rotatable bonds is 7. The number of hydrogen-bond acceptors (Lipinski definition) is 3. The first-order valence-corrected chi connectivity index (χ1v) is 7.30. The summed E-state index contributed by atoms with van der Waals surface area (Å²) in [5.74, 6) is 0.360. The highest BCUT2D eigenvalue weighted by Crippen LogP contribution is 2.15. The van der Waals surface area contributed by atoms with Gasteiger partial charge in [0.15, 0.2) is 0 Å². The third kappa shape index (κ3) is 4.96. The third-order valence-electron chi connectivity index (χ3n) is 3.32. The van der Waals surface area contributed by atoms with Crippen molar-refractivity contribution in [3.05, 3.63) is 17.5 Å². The van der Waals surface area contributed by atoms with Crippen molar-refractivity contribution >= 4 is 5.91 Å². The highest BCUT2D eigenvalue weighted by molar-refractivity contribution is 5.92. The Morgan fingerprint density at radius 3 is 2.75 bits per heavy atom. The van der Waals surface area contributed by atoms with Crippen molar-refractivity contribution in [2.75, 3.05) is 6.54 Å². The fourth-order valence-electron chi connectivity index (χ4n) is 2.02. The molecule has 2 N–H and O–H groups in total. The van der Waals surface area contributed by atoms with Crippen LogP contribution < -0.4 is 5.32 Å². The molecule has 0 aliphatic rings. The minimum atomic E-state index is -0.869. The molecule has 0 radical (unpaired) electrons. The van der Waals surface area contributed by atoms with Gasteiger partial charge in [-0.05, 0) is 45.6 Å². The molecule has 5 heteroatoms. The standard InChI is InChI=1S/C15H27N3O2/c1-6-18-13(9-12(4)17-18)14(19)16-10-15(5,20)8-7-11(2)3/h9,11,20H,6-8,10H2,1-5H3,(H,16,19). The van der Waals surface area contributed by atoms with Crippen molar-refractivity contribution in [3.63, 3.8) is 0 Å². The molecule has 5 nitrogen and oxygen atoms in total. The van der Waals surface area contributed by atoms with Crippen LogP contribution in [0.2, 0.25) is 0 Å². The lowest BCUT2D eigenvalue weighted by Crippen LogP contribution is -2.41. The van der Waals surface area contributed by atoms with Gasteiger partial charge in [0.25, 0.3) is 5.91 Å². The lowest BCUT2D eigenvalue weighted by molar-refractivity contribution is 0.0427. The Hall–Kier alpha value is -1.36. The Balaban J connectivity index is 2.58. The van der Waals surface area contributed by atoms with Crippen LogP contribution in [0.1, 0.15) is 56.7 Å². The fourth-order valence-corrected chi connectivity index (χ4v) is 2.02. The lowest BCUT2D eigenvalue weighted by Gasteiger charge is -2.24. The van der Waals surface area contributed by atoms with Gasteiger partial charge in [0, 0.05) is 13.1 Å². The van der Waals surface area contributed by atoms with Gasteiger partial charge in [-0.1, -0.05) is 13.8 Å². The molecule has 0 saturated carbocycles. The van der Waals surface area contributed by atoms with E-state index in [1.807, 2.05) is 13.8 Å². The van der Waals surface area contributed by atoms with Crippen molar-refractivity contribution < 1.29 is 9.90 Å². The molecule has 1 rings (SSSR count). The van der Waals surface area contributed by atoms with Crippen LogP contribution in [-0.2, 0) is 6.54 Å². The number of aromatic nitrogens is 2. The topological polar surface area (TPSA) is 67.2 Å². The van der Waals surface area contributed by atoms with Gasteiger partial charge in [-0.25, -0.2) is 0 Å². The van der Waals surface area contributed by atoms with Gasteiger partial charge >= 0.3 is 0 Å². The van der Waals surface area contributed by atoms with Crippen LogP contribution in [0.25, 0.3) is 0 Å². The molecule has 1 aromatic rings. The zero-order chi connectivity index (χ0) is 15.3. The quantitative estimate of drug-likeness (QED) is 0.804. The van der Waals surface area contributed by atoms with Crippen LogP contribution in [0, 0.1) is 12.8 Å². The highest BCUT2D eigenvalue weighted by Gasteiger charge is 2.22. The Kier molecular flexibility index (Phi) is 5.74. The number of amides is 1. The van der Waals surface area contributed by atoms with Crippen LogP contribution in [-0.4, -0.2) is 32.9 Å². The van der Waals surface area contributed by atoms with Gasteiger partial charge in [0.2, 0.25) is 0 Å². The Morgan fingerprint density at radius 2 is 2.20 bits per heavy atom. The second-order valence-electron chi connectivity index (χ2n) is 6.10. The van der Waals surface area contributed by atoms with E-state index in [0.29, 0.717) is 24.6 Å². The predicted octanol–water partition coefficient (Wildman–Crippen LogP) is 2.13. The molecule has 0 spiro atoms. The smallest absolute Gasteiger partial charge is 0.269 e. The van der Waals surface area contributed by atoms with Crippen molar-refractivity contribution in [2.24, 2.45) is 5.92 Å². The van der Waals surface area contributed by atoms with E-state index in [4.69, 9.17) is 0 Å². The van der Waals surface area contributed by atoms with E-state index in [9.17, 15) is 9.90 Å². The van der Waals surface area contributed by atoms with E-state index in [-0.39, 0.29) is 12.5 Å². The summed E-state index contributed by atoms with van der Waals surface area (Å²) < 4.78 is 1.67. The van der Waals surface area contributed by atoms with Crippen molar-refractivity contribution in [1.82, 2.24) is 15.1 Å². The summed E-state index contributed by atoms with van der Waals surface area (Å²) in [6.45, 7) is 10.7. The van der Waals surface area contributed by atoms with Crippen molar-refractivity contribution in [2.45, 2.75) is 59.6 Å². The van der Waals surface area contributed by atoms with E-state index >= 15 is 0 Å². The van der Waals surface area contributed by atoms with Crippen LogP contribution in [0.4, 0.5) is 0 Å². The normalized spacial score (nSPS) is 14.3. The summed E-state index contributed by atoms with van der Waals surface area (Å²) in [4.78, 5) is 12.1. The maximum absolute atomic E-state index is 12.1. The lowest BCUT2D eigenvalue weighted by atomic mass is 9.95. The second-order valence-corrected chi connectivity index (χ2v) is 6.10. The van der Waals surface area contributed by atoms with Crippen molar-refractivity contribution in [3.8, 4) is 0 Å². The number of hydrogen-bond donors (Lipinski definition) is 2. The SMILES string of the molecule is CCn1nc(C)cc1C(=O)NCC(C)(O)CCC(C)C. The molecule has 1 heterocycles. The average molecular weight is 281 g/mol. The van der Waals surface area contributed by atoms with Crippen LogP contribution in [0.15, 0.2) is 6.07 Å². The molecule has 0 saturated heterocycles. The summed E-state index contributed by atoms with van der Waals surface area (Å²) >= 11 is 0. The largest absolute Gasteiger partial charge is 0.388 e. The summed E-state index contributed by atoms with van der Waals surface area (Å²) in [5, 5.41) is 17.3. The zero-order valence-corrected chi connectivity index (χ0v) is 13.2. The predicted molar refractivity (Wildman–Crippen MR) is 79.7 cm³/mol. The van der Waals surface area contributed by atoms with E-state index in [0.717, 1.165) is 12.1 Å². The molecule has 0 aliphatic carbocycles. The summed E-state index contributed by atoms with van der Waals surface area (Å²) in [6.07, 6.45) is 1.62. The maximum atomic E-state index is 12.1. The molecule has 0 aliphatic heterocycles. The summed E-state index contributed by atoms with van der Waals surface area (Å²) in [6, 6.07) is 1.77. The van der Waals surface area contributed by atoms with E-state index in [1.54, 1.807) is 17.7 Å². The van der Waals surface area contributed by atoms with Gasteiger partial charge in [-0.2, -0.15) is 5.10 Å². The Labute approximate surface area is 121 Å². The molecule has 0 bridgehead atoms. The number of aliphatic hydroxyl groups is 1. The molecule has 1 unspecified atom stereocenters. The highest BCUT2D eigenvalue weighted by atomic mass is 16.3. The van der Waals surface area contributed by atoms with Gasteiger partial charge < -0.3 is 10.4 Å². The second kappa shape index (κ2) is 6.88. The van der Waals surface area contributed by atoms with Crippen LogP contribution in [0.3, 0.4) is 0 Å². The minimum absolute atomic E-state index is 0.183. The number of carbonyl (C=O) groups excluding carboxylic acids is 1. The van der Waals surface area contributed by atoms with Gasteiger partial charge in [-0.15, -0.1) is 0 Å². The molecule has 114 valence electrons. The van der Waals surface area contributed by atoms with Gasteiger partial charge in [0.05, 0.1) is 11.3 Å². The monoisotopic (exact) mass is 281 g/mol. The number of aryl methyl sites for hydroxylation is 2. The van der Waals surface area contributed by atoms with E-state index in [2.05, 4.69) is 24.3 Å².